The molecule has 2 aromatic heterocycles. The number of hydrogen-bond acceptors (Lipinski definition) is 3. The smallest absolute Gasteiger partial charge is 0.157 e. The number of anilines is 1. The molecule has 0 saturated carbocycles. The van der Waals surface area contributed by atoms with Crippen molar-refractivity contribution in [2.24, 2.45) is 7.05 Å². The third kappa shape index (κ3) is 2.78. The zero-order valence-corrected chi connectivity index (χ0v) is 13.9. The van der Waals surface area contributed by atoms with E-state index in [1.807, 2.05) is 25.8 Å². The van der Waals surface area contributed by atoms with Crippen LogP contribution in [0, 0.1) is 0 Å². The van der Waals surface area contributed by atoms with Crippen molar-refractivity contribution >= 4 is 32.7 Å². The van der Waals surface area contributed by atoms with Gasteiger partial charge in [-0.15, -0.1) is 0 Å². The summed E-state index contributed by atoms with van der Waals surface area (Å²) in [6.45, 7) is 0. The summed E-state index contributed by atoms with van der Waals surface area (Å²) in [5.41, 5.74) is 4.42. The van der Waals surface area contributed by atoms with Crippen molar-refractivity contribution in [3.05, 3.63) is 52.3 Å². The van der Waals surface area contributed by atoms with Gasteiger partial charge in [0.1, 0.15) is 0 Å². The fraction of sp³-hybridized carbons (Fsp3) is 0.250. The maximum Gasteiger partial charge on any atom is 0.157 e. The molecule has 0 atom stereocenters. The molecule has 108 valence electrons. The average molecular weight is 345 g/mol. The number of rotatable bonds is 3. The highest BCUT2D eigenvalue weighted by Crippen LogP contribution is 2.23. The van der Waals surface area contributed by atoms with Crippen LogP contribution in [0.15, 0.2) is 41.0 Å². The van der Waals surface area contributed by atoms with Gasteiger partial charge in [0.15, 0.2) is 5.65 Å². The fourth-order valence-electron chi connectivity index (χ4n) is 2.42. The van der Waals surface area contributed by atoms with Crippen LogP contribution in [0.2, 0.25) is 0 Å². The third-order valence-electron chi connectivity index (χ3n) is 3.55. The molecule has 0 aliphatic rings. The Morgan fingerprint density at radius 3 is 2.57 bits per heavy atom. The van der Waals surface area contributed by atoms with Gasteiger partial charge in [-0.1, -0.05) is 12.1 Å². The van der Waals surface area contributed by atoms with Gasteiger partial charge >= 0.3 is 0 Å². The summed E-state index contributed by atoms with van der Waals surface area (Å²) in [6.07, 6.45) is 2.61. The normalized spacial score (nSPS) is 11.0. The average Bonchev–Trinajstić information content (AvgIpc) is 2.75. The molecule has 3 aromatic rings. The van der Waals surface area contributed by atoms with Crippen molar-refractivity contribution in [3.8, 4) is 0 Å². The number of hydrogen-bond donors (Lipinski definition) is 0. The molecule has 2 heterocycles. The van der Waals surface area contributed by atoms with Crippen LogP contribution in [0.3, 0.4) is 0 Å². The van der Waals surface area contributed by atoms with Crippen LogP contribution in [0.5, 0.6) is 0 Å². The molecule has 0 radical (unpaired) electrons. The monoisotopic (exact) mass is 344 g/mol. The lowest BCUT2D eigenvalue weighted by Gasteiger charge is -2.12. The van der Waals surface area contributed by atoms with E-state index in [9.17, 15) is 0 Å². The van der Waals surface area contributed by atoms with E-state index in [0.29, 0.717) is 0 Å². The SMILES string of the molecule is CN(C)c1ccc(Cc2nn(C)c3ncc(Br)cc23)cc1. The summed E-state index contributed by atoms with van der Waals surface area (Å²) in [5, 5.41) is 5.71. The van der Waals surface area contributed by atoms with Crippen LogP contribution in [-0.4, -0.2) is 28.9 Å². The molecule has 0 unspecified atom stereocenters. The van der Waals surface area contributed by atoms with Gasteiger partial charge in [-0.05, 0) is 39.7 Å². The second kappa shape index (κ2) is 5.48. The van der Waals surface area contributed by atoms with Crippen LogP contribution in [0.1, 0.15) is 11.3 Å². The first kappa shape index (κ1) is 14.1. The van der Waals surface area contributed by atoms with Crippen LogP contribution < -0.4 is 4.90 Å². The molecule has 3 rings (SSSR count). The second-order valence-corrected chi connectivity index (χ2v) is 6.25. The molecule has 0 aliphatic heterocycles. The summed E-state index contributed by atoms with van der Waals surface area (Å²) < 4.78 is 2.82. The number of fused-ring (bicyclic) bond motifs is 1. The molecule has 5 heteroatoms. The zero-order chi connectivity index (χ0) is 15.0. The Bertz CT molecular complexity index is 775. The summed E-state index contributed by atoms with van der Waals surface area (Å²) >= 11 is 3.48. The van der Waals surface area contributed by atoms with Gasteiger partial charge in [-0.3, -0.25) is 4.68 Å². The highest BCUT2D eigenvalue weighted by atomic mass is 79.9. The highest BCUT2D eigenvalue weighted by Gasteiger charge is 2.11. The summed E-state index contributed by atoms with van der Waals surface area (Å²) in [6, 6.07) is 10.7. The second-order valence-electron chi connectivity index (χ2n) is 5.33. The lowest BCUT2D eigenvalue weighted by molar-refractivity contribution is 0.765. The van der Waals surface area contributed by atoms with E-state index in [4.69, 9.17) is 0 Å². The molecule has 0 bridgehead atoms. The van der Waals surface area contributed by atoms with Gasteiger partial charge in [0.05, 0.1) is 5.69 Å². The lowest BCUT2D eigenvalue weighted by Crippen LogP contribution is -2.08. The molecule has 0 amide bonds. The van der Waals surface area contributed by atoms with Crippen LogP contribution in [-0.2, 0) is 13.5 Å². The first-order chi connectivity index (χ1) is 10.0. The molecule has 0 aliphatic carbocycles. The Balaban J connectivity index is 1.96. The maximum atomic E-state index is 4.61. The van der Waals surface area contributed by atoms with Gasteiger partial charge in [0.2, 0.25) is 0 Å². The van der Waals surface area contributed by atoms with Gasteiger partial charge in [-0.2, -0.15) is 5.10 Å². The number of pyridine rings is 1. The van der Waals surface area contributed by atoms with Crippen molar-refractivity contribution in [3.63, 3.8) is 0 Å². The Kier molecular flexibility index (Phi) is 3.68. The Hall–Kier alpha value is -1.88. The third-order valence-corrected chi connectivity index (χ3v) is 3.98. The van der Waals surface area contributed by atoms with E-state index in [0.717, 1.165) is 27.6 Å². The van der Waals surface area contributed by atoms with Crippen molar-refractivity contribution in [2.75, 3.05) is 19.0 Å². The van der Waals surface area contributed by atoms with E-state index >= 15 is 0 Å². The zero-order valence-electron chi connectivity index (χ0n) is 12.3. The number of aryl methyl sites for hydroxylation is 1. The number of benzene rings is 1. The highest BCUT2D eigenvalue weighted by molar-refractivity contribution is 9.10. The molecule has 4 nitrogen and oxygen atoms in total. The fourth-order valence-corrected chi connectivity index (χ4v) is 2.75. The lowest BCUT2D eigenvalue weighted by atomic mass is 10.1. The molecule has 0 fully saturated rings. The topological polar surface area (TPSA) is 34.0 Å². The number of aromatic nitrogens is 3. The summed E-state index contributed by atoms with van der Waals surface area (Å²) in [7, 11) is 6.02. The van der Waals surface area contributed by atoms with E-state index < -0.39 is 0 Å². The molecule has 1 aromatic carbocycles. The van der Waals surface area contributed by atoms with Crippen molar-refractivity contribution in [1.29, 1.82) is 0 Å². The molecular weight excluding hydrogens is 328 g/mol. The summed E-state index contributed by atoms with van der Waals surface area (Å²) in [5.74, 6) is 0. The maximum absolute atomic E-state index is 4.61. The predicted octanol–water partition coefficient (Wildman–Crippen LogP) is 3.39. The molecular formula is C16H17BrN4. The van der Waals surface area contributed by atoms with E-state index in [2.05, 4.69) is 61.2 Å². The van der Waals surface area contributed by atoms with Gasteiger partial charge in [-0.25, -0.2) is 4.98 Å². The summed E-state index contributed by atoms with van der Waals surface area (Å²) in [4.78, 5) is 6.52. The molecule has 0 saturated heterocycles. The van der Waals surface area contributed by atoms with E-state index in [1.54, 1.807) is 6.20 Å². The quantitative estimate of drug-likeness (QED) is 0.730. The number of nitrogens with zero attached hydrogens (tertiary/aromatic N) is 4. The van der Waals surface area contributed by atoms with Crippen molar-refractivity contribution in [1.82, 2.24) is 14.8 Å². The first-order valence-electron chi connectivity index (χ1n) is 6.78. The van der Waals surface area contributed by atoms with Gasteiger partial charge in [0, 0.05) is 49.3 Å². The standard InChI is InChI=1S/C16H17BrN4/c1-20(2)13-6-4-11(5-7-13)8-15-14-9-12(17)10-18-16(14)21(3)19-15/h4-7,9-10H,8H2,1-3H3. The van der Waals surface area contributed by atoms with Crippen molar-refractivity contribution in [2.45, 2.75) is 6.42 Å². The molecule has 21 heavy (non-hydrogen) atoms. The Morgan fingerprint density at radius 1 is 1.19 bits per heavy atom. The molecule has 0 N–H and O–H groups in total. The Labute approximate surface area is 132 Å². The predicted molar refractivity (Wildman–Crippen MR) is 89.8 cm³/mol. The molecule has 0 spiro atoms. The number of halogens is 1. The minimum atomic E-state index is 0.809. The first-order valence-corrected chi connectivity index (χ1v) is 7.57. The Morgan fingerprint density at radius 2 is 1.90 bits per heavy atom. The van der Waals surface area contributed by atoms with Gasteiger partial charge < -0.3 is 4.90 Å². The van der Waals surface area contributed by atoms with Crippen molar-refractivity contribution < 1.29 is 0 Å². The van der Waals surface area contributed by atoms with Crippen LogP contribution in [0.4, 0.5) is 5.69 Å². The van der Waals surface area contributed by atoms with Gasteiger partial charge in [0.25, 0.3) is 0 Å². The van der Waals surface area contributed by atoms with E-state index in [-0.39, 0.29) is 0 Å². The van der Waals surface area contributed by atoms with Crippen LogP contribution in [0.25, 0.3) is 11.0 Å². The largest absolute Gasteiger partial charge is 0.378 e. The van der Waals surface area contributed by atoms with Crippen LogP contribution >= 0.6 is 15.9 Å². The minimum absolute atomic E-state index is 0.809. The minimum Gasteiger partial charge on any atom is -0.378 e. The van der Waals surface area contributed by atoms with E-state index in [1.165, 1.54) is 11.3 Å².